The van der Waals surface area contributed by atoms with Gasteiger partial charge in [-0.25, -0.2) is 19.7 Å². The number of amides is 2. The van der Waals surface area contributed by atoms with Gasteiger partial charge in [-0.3, -0.25) is 10.2 Å². The molecule has 0 fully saturated rings. The van der Waals surface area contributed by atoms with E-state index in [1.165, 1.54) is 23.5 Å². The quantitative estimate of drug-likeness (QED) is 0.719. The second-order valence-corrected chi connectivity index (χ2v) is 6.18. The van der Waals surface area contributed by atoms with Gasteiger partial charge in [-0.1, -0.05) is 18.2 Å². The van der Waals surface area contributed by atoms with E-state index < -0.39 is 17.8 Å². The van der Waals surface area contributed by atoms with Crippen molar-refractivity contribution in [2.45, 2.75) is 12.6 Å². The minimum atomic E-state index is -4.43. The van der Waals surface area contributed by atoms with Crippen LogP contribution in [-0.4, -0.2) is 27.5 Å². The van der Waals surface area contributed by atoms with Crippen LogP contribution in [0.15, 0.2) is 55.0 Å². The van der Waals surface area contributed by atoms with Crippen molar-refractivity contribution in [2.75, 3.05) is 16.8 Å². The van der Waals surface area contributed by atoms with Gasteiger partial charge in [0.15, 0.2) is 0 Å². The molecule has 28 heavy (non-hydrogen) atoms. The van der Waals surface area contributed by atoms with Crippen molar-refractivity contribution >= 4 is 17.7 Å². The minimum Gasteiger partial charge on any atom is -0.292 e. The first-order valence-corrected chi connectivity index (χ1v) is 8.44. The maximum atomic E-state index is 13.0. The lowest BCUT2D eigenvalue weighted by atomic mass is 10.1. The molecule has 0 atom stereocenters. The molecular formula is C19H14F3N5O. The summed E-state index contributed by atoms with van der Waals surface area (Å²) in [6.07, 6.45) is -0.999. The largest absolute Gasteiger partial charge is 0.416 e. The average Bonchev–Trinajstić information content (AvgIpc) is 3.11. The first kappa shape index (κ1) is 17.9. The van der Waals surface area contributed by atoms with Gasteiger partial charge < -0.3 is 0 Å². The van der Waals surface area contributed by atoms with Crippen LogP contribution < -0.4 is 10.2 Å². The van der Waals surface area contributed by atoms with Crippen LogP contribution in [0.3, 0.4) is 0 Å². The van der Waals surface area contributed by atoms with Crippen LogP contribution >= 0.6 is 0 Å². The number of benzene rings is 1. The summed E-state index contributed by atoms with van der Waals surface area (Å²) in [4.78, 5) is 26.2. The van der Waals surface area contributed by atoms with Gasteiger partial charge in [-0.05, 0) is 36.2 Å². The Labute approximate surface area is 158 Å². The third-order valence-corrected chi connectivity index (χ3v) is 4.36. The van der Waals surface area contributed by atoms with E-state index in [-0.39, 0.29) is 0 Å². The van der Waals surface area contributed by atoms with Crippen LogP contribution in [0.5, 0.6) is 0 Å². The molecule has 3 aromatic rings. The van der Waals surface area contributed by atoms with Gasteiger partial charge in [0.05, 0.1) is 11.3 Å². The number of pyridine rings is 1. The molecule has 0 saturated heterocycles. The summed E-state index contributed by atoms with van der Waals surface area (Å²) >= 11 is 0. The normalized spacial score (nSPS) is 13.3. The second kappa shape index (κ2) is 6.91. The fourth-order valence-electron chi connectivity index (χ4n) is 3.00. The Morgan fingerprint density at radius 3 is 2.75 bits per heavy atom. The maximum Gasteiger partial charge on any atom is 0.416 e. The molecule has 1 aliphatic heterocycles. The fraction of sp³-hybridized carbons (Fsp3) is 0.158. The number of hydrogen-bond acceptors (Lipinski definition) is 4. The van der Waals surface area contributed by atoms with Crippen molar-refractivity contribution in [3.05, 3.63) is 66.1 Å². The Balaban J connectivity index is 1.63. The number of alkyl halides is 3. The van der Waals surface area contributed by atoms with Crippen LogP contribution in [0.25, 0.3) is 11.3 Å². The van der Waals surface area contributed by atoms with Gasteiger partial charge in [-0.2, -0.15) is 13.2 Å². The molecule has 0 saturated carbocycles. The average molecular weight is 385 g/mol. The zero-order valence-electron chi connectivity index (χ0n) is 14.4. The van der Waals surface area contributed by atoms with Gasteiger partial charge in [0, 0.05) is 18.3 Å². The highest BCUT2D eigenvalue weighted by atomic mass is 19.4. The molecule has 0 radical (unpaired) electrons. The lowest BCUT2D eigenvalue weighted by molar-refractivity contribution is -0.137. The number of anilines is 2. The van der Waals surface area contributed by atoms with Crippen LogP contribution in [0.1, 0.15) is 11.1 Å². The van der Waals surface area contributed by atoms with Gasteiger partial charge in [0.2, 0.25) is 0 Å². The molecule has 142 valence electrons. The SMILES string of the molecule is O=C(Nc1ccncn1)N1CCc2ccc(-c3cccc(C(F)(F)F)c3)nc21. The molecule has 3 heterocycles. The zero-order chi connectivity index (χ0) is 19.7. The molecule has 9 heteroatoms. The van der Waals surface area contributed by atoms with E-state index in [0.717, 1.165) is 17.7 Å². The molecule has 1 N–H and O–H groups in total. The van der Waals surface area contributed by atoms with Crippen LogP contribution in [-0.2, 0) is 12.6 Å². The van der Waals surface area contributed by atoms with Crippen LogP contribution in [0.2, 0.25) is 0 Å². The van der Waals surface area contributed by atoms with Crippen molar-refractivity contribution < 1.29 is 18.0 Å². The molecule has 0 spiro atoms. The van der Waals surface area contributed by atoms with Crippen molar-refractivity contribution in [3.8, 4) is 11.3 Å². The number of rotatable bonds is 2. The van der Waals surface area contributed by atoms with Gasteiger partial charge in [-0.15, -0.1) is 0 Å². The number of nitrogens with one attached hydrogen (secondary N) is 1. The predicted molar refractivity (Wildman–Crippen MR) is 96.8 cm³/mol. The van der Waals surface area contributed by atoms with Gasteiger partial charge in [0.1, 0.15) is 18.0 Å². The molecule has 0 unspecified atom stereocenters. The Morgan fingerprint density at radius 2 is 2.00 bits per heavy atom. The van der Waals surface area contributed by atoms with E-state index in [1.54, 1.807) is 24.3 Å². The highest BCUT2D eigenvalue weighted by Gasteiger charge is 2.31. The Hall–Kier alpha value is -3.49. The number of urea groups is 1. The first-order chi connectivity index (χ1) is 13.4. The zero-order valence-corrected chi connectivity index (χ0v) is 14.4. The standard InChI is InChI=1S/C19H14F3N5O/c20-19(21,22)14-3-1-2-13(10-14)15-5-4-12-7-9-27(17(12)25-15)18(28)26-16-6-8-23-11-24-16/h1-6,8,10-11H,7,9H2,(H,23,24,26,28). The van der Waals surface area contributed by atoms with Crippen molar-refractivity contribution in [1.29, 1.82) is 0 Å². The molecule has 1 aromatic carbocycles. The maximum absolute atomic E-state index is 13.0. The predicted octanol–water partition coefficient (Wildman–Crippen LogP) is 4.15. The summed E-state index contributed by atoms with van der Waals surface area (Å²) in [5.74, 6) is 0.781. The molecule has 6 nitrogen and oxygen atoms in total. The van der Waals surface area contributed by atoms with E-state index >= 15 is 0 Å². The van der Waals surface area contributed by atoms with E-state index in [9.17, 15) is 18.0 Å². The molecule has 0 bridgehead atoms. The van der Waals surface area contributed by atoms with E-state index in [4.69, 9.17) is 0 Å². The third-order valence-electron chi connectivity index (χ3n) is 4.36. The van der Waals surface area contributed by atoms with Gasteiger partial charge >= 0.3 is 12.2 Å². The van der Waals surface area contributed by atoms with Gasteiger partial charge in [0.25, 0.3) is 0 Å². The number of aromatic nitrogens is 3. The number of fused-ring (bicyclic) bond motifs is 1. The second-order valence-electron chi connectivity index (χ2n) is 6.18. The van der Waals surface area contributed by atoms with Crippen molar-refractivity contribution in [3.63, 3.8) is 0 Å². The van der Waals surface area contributed by atoms with E-state index in [1.807, 2.05) is 0 Å². The van der Waals surface area contributed by atoms with E-state index in [2.05, 4.69) is 20.3 Å². The summed E-state index contributed by atoms with van der Waals surface area (Å²) in [6, 6.07) is 9.56. The summed E-state index contributed by atoms with van der Waals surface area (Å²) in [7, 11) is 0. The number of carbonyl (C=O) groups is 1. The molecule has 1 aliphatic rings. The molecule has 2 aromatic heterocycles. The summed E-state index contributed by atoms with van der Waals surface area (Å²) < 4.78 is 39.0. The van der Waals surface area contributed by atoms with Crippen LogP contribution in [0, 0.1) is 0 Å². The summed E-state index contributed by atoms with van der Waals surface area (Å²) in [5.41, 5.74) is 0.812. The monoisotopic (exact) mass is 385 g/mol. The highest BCUT2D eigenvalue weighted by Crippen LogP contribution is 2.34. The number of hydrogen-bond donors (Lipinski definition) is 1. The first-order valence-electron chi connectivity index (χ1n) is 8.44. The van der Waals surface area contributed by atoms with E-state index in [0.29, 0.717) is 35.9 Å². The van der Waals surface area contributed by atoms with Crippen molar-refractivity contribution in [1.82, 2.24) is 15.0 Å². The topological polar surface area (TPSA) is 71.0 Å². The lowest BCUT2D eigenvalue weighted by Gasteiger charge is -2.17. The number of nitrogens with zero attached hydrogens (tertiary/aromatic N) is 4. The minimum absolute atomic E-state index is 0.334. The third kappa shape index (κ3) is 3.51. The molecule has 2 amide bonds. The molecule has 0 aliphatic carbocycles. The van der Waals surface area contributed by atoms with Crippen LogP contribution in [0.4, 0.5) is 29.6 Å². The van der Waals surface area contributed by atoms with Crippen molar-refractivity contribution in [2.24, 2.45) is 0 Å². The Kier molecular flexibility index (Phi) is 4.42. The Morgan fingerprint density at radius 1 is 1.14 bits per heavy atom. The Bertz CT molecular complexity index is 1020. The summed E-state index contributed by atoms with van der Waals surface area (Å²) in [6.45, 7) is 0.422. The summed E-state index contributed by atoms with van der Waals surface area (Å²) in [5, 5.41) is 2.66. The number of carbonyl (C=O) groups excluding carboxylic acids is 1. The lowest BCUT2D eigenvalue weighted by Crippen LogP contribution is -2.34. The number of halogens is 3. The fourth-order valence-corrected chi connectivity index (χ4v) is 3.00. The molecular weight excluding hydrogens is 371 g/mol. The molecule has 4 rings (SSSR count). The highest BCUT2D eigenvalue weighted by molar-refractivity contribution is 6.02. The smallest absolute Gasteiger partial charge is 0.292 e.